The standard InChI is InChI=1S/C13H15F3N2O2S/c1-12(2,3)8-4-6-10(20)17-9(18-11(6)21-8)5-7(19)13(14,15)16/h4,7,19H,5H2,1-3H3,(H,17,18,20)/t7-/m1/s1. The van der Waals surface area contributed by atoms with Gasteiger partial charge in [0.15, 0.2) is 6.10 Å². The van der Waals surface area contributed by atoms with E-state index in [1.54, 1.807) is 6.07 Å². The summed E-state index contributed by atoms with van der Waals surface area (Å²) >= 11 is 1.27. The molecule has 0 saturated heterocycles. The van der Waals surface area contributed by atoms with E-state index in [-0.39, 0.29) is 11.2 Å². The van der Waals surface area contributed by atoms with Crippen LogP contribution in [0.1, 0.15) is 31.5 Å². The smallest absolute Gasteiger partial charge is 0.383 e. The average Bonchev–Trinajstić information content (AvgIpc) is 2.71. The minimum atomic E-state index is -4.74. The first-order valence-corrected chi connectivity index (χ1v) is 7.08. The zero-order valence-corrected chi connectivity index (χ0v) is 12.5. The molecule has 0 radical (unpaired) electrons. The number of rotatable bonds is 2. The normalized spacial score (nSPS) is 14.6. The lowest BCUT2D eigenvalue weighted by Gasteiger charge is -2.14. The molecule has 0 aliphatic heterocycles. The lowest BCUT2D eigenvalue weighted by atomic mass is 9.94. The molecule has 0 aromatic carbocycles. The van der Waals surface area contributed by atoms with Gasteiger partial charge in [-0.3, -0.25) is 4.79 Å². The third kappa shape index (κ3) is 3.44. The summed E-state index contributed by atoms with van der Waals surface area (Å²) in [6.07, 6.45) is -8.04. The summed E-state index contributed by atoms with van der Waals surface area (Å²) in [7, 11) is 0. The van der Waals surface area contributed by atoms with Crippen molar-refractivity contribution in [1.29, 1.82) is 0 Å². The van der Waals surface area contributed by atoms with E-state index < -0.39 is 24.3 Å². The highest BCUT2D eigenvalue weighted by atomic mass is 32.1. The molecular formula is C13H15F3N2O2S. The van der Waals surface area contributed by atoms with Crippen LogP contribution in [0.5, 0.6) is 0 Å². The number of hydrogen-bond acceptors (Lipinski definition) is 4. The molecule has 8 heteroatoms. The van der Waals surface area contributed by atoms with Crippen LogP contribution in [0.15, 0.2) is 10.9 Å². The number of fused-ring (bicyclic) bond motifs is 1. The number of aromatic nitrogens is 2. The molecule has 2 aromatic rings. The molecule has 0 spiro atoms. The molecule has 2 N–H and O–H groups in total. The highest BCUT2D eigenvalue weighted by molar-refractivity contribution is 7.18. The summed E-state index contributed by atoms with van der Waals surface area (Å²) in [6.45, 7) is 5.92. The van der Waals surface area contributed by atoms with Crippen LogP contribution in [-0.2, 0) is 11.8 Å². The molecule has 0 aliphatic carbocycles. The van der Waals surface area contributed by atoms with E-state index in [9.17, 15) is 18.0 Å². The summed E-state index contributed by atoms with van der Waals surface area (Å²) in [5, 5.41) is 9.41. The Balaban J connectivity index is 2.43. The third-order valence-corrected chi connectivity index (χ3v) is 4.41. The average molecular weight is 320 g/mol. The van der Waals surface area contributed by atoms with Gasteiger partial charge >= 0.3 is 6.18 Å². The molecule has 21 heavy (non-hydrogen) atoms. The maximum Gasteiger partial charge on any atom is 0.414 e. The molecule has 0 saturated carbocycles. The van der Waals surface area contributed by atoms with Gasteiger partial charge in [-0.15, -0.1) is 11.3 Å². The van der Waals surface area contributed by atoms with Crippen molar-refractivity contribution in [1.82, 2.24) is 9.97 Å². The Kier molecular flexibility index (Phi) is 3.88. The van der Waals surface area contributed by atoms with Crippen LogP contribution in [0.2, 0.25) is 0 Å². The largest absolute Gasteiger partial charge is 0.414 e. The van der Waals surface area contributed by atoms with Crippen LogP contribution in [0.25, 0.3) is 10.2 Å². The second-order valence-corrected chi connectivity index (χ2v) is 6.88. The van der Waals surface area contributed by atoms with Gasteiger partial charge in [0.1, 0.15) is 10.7 Å². The number of aromatic amines is 1. The van der Waals surface area contributed by atoms with Gasteiger partial charge in [-0.1, -0.05) is 20.8 Å². The van der Waals surface area contributed by atoms with E-state index in [1.165, 1.54) is 11.3 Å². The fourth-order valence-corrected chi connectivity index (χ4v) is 2.85. The van der Waals surface area contributed by atoms with Gasteiger partial charge in [0, 0.05) is 11.3 Å². The molecule has 0 fully saturated rings. The highest BCUT2D eigenvalue weighted by Gasteiger charge is 2.38. The zero-order valence-electron chi connectivity index (χ0n) is 11.7. The number of hydrogen-bond donors (Lipinski definition) is 2. The first-order chi connectivity index (χ1) is 9.48. The minimum Gasteiger partial charge on any atom is -0.383 e. The Labute approximate surface area is 122 Å². The maximum absolute atomic E-state index is 12.3. The monoisotopic (exact) mass is 320 g/mol. The predicted molar refractivity (Wildman–Crippen MR) is 74.7 cm³/mol. The summed E-state index contributed by atoms with van der Waals surface area (Å²) in [6, 6.07) is 1.70. The van der Waals surface area contributed by atoms with Crippen molar-refractivity contribution >= 4 is 21.6 Å². The van der Waals surface area contributed by atoms with Crippen LogP contribution in [-0.4, -0.2) is 27.4 Å². The van der Waals surface area contributed by atoms with Crippen LogP contribution in [0.3, 0.4) is 0 Å². The van der Waals surface area contributed by atoms with E-state index in [4.69, 9.17) is 5.11 Å². The molecule has 4 nitrogen and oxygen atoms in total. The Morgan fingerprint density at radius 2 is 2.00 bits per heavy atom. The quantitative estimate of drug-likeness (QED) is 0.894. The number of thiophene rings is 1. The molecule has 0 unspecified atom stereocenters. The topological polar surface area (TPSA) is 66.0 Å². The molecular weight excluding hydrogens is 305 g/mol. The van der Waals surface area contributed by atoms with Crippen molar-refractivity contribution in [3.8, 4) is 0 Å². The van der Waals surface area contributed by atoms with Crippen LogP contribution in [0.4, 0.5) is 13.2 Å². The third-order valence-electron chi connectivity index (χ3n) is 2.96. The SMILES string of the molecule is CC(C)(C)c1cc2c(=O)[nH]c(C[C@@H](O)C(F)(F)F)nc2s1. The Morgan fingerprint density at radius 1 is 1.38 bits per heavy atom. The highest BCUT2D eigenvalue weighted by Crippen LogP contribution is 2.32. The van der Waals surface area contributed by atoms with Gasteiger partial charge in [0.05, 0.1) is 5.39 Å². The summed E-state index contributed by atoms with van der Waals surface area (Å²) in [5.41, 5.74) is -0.667. The molecule has 0 bridgehead atoms. The number of H-pyrrole nitrogens is 1. The number of aliphatic hydroxyl groups is 1. The maximum atomic E-state index is 12.3. The molecule has 1 atom stereocenters. The number of aliphatic hydroxyl groups excluding tert-OH is 1. The fraction of sp³-hybridized carbons (Fsp3) is 0.538. The van der Waals surface area contributed by atoms with Crippen molar-refractivity contribution in [2.75, 3.05) is 0 Å². The predicted octanol–water partition coefficient (Wildman–Crippen LogP) is 2.75. The molecule has 2 heterocycles. The Bertz CT molecular complexity index is 713. The van der Waals surface area contributed by atoms with E-state index in [0.29, 0.717) is 10.2 Å². The zero-order chi connectivity index (χ0) is 16.0. The summed E-state index contributed by atoms with van der Waals surface area (Å²) in [4.78, 5) is 19.5. The van der Waals surface area contributed by atoms with E-state index in [0.717, 1.165) is 4.88 Å². The van der Waals surface area contributed by atoms with Gasteiger partial charge in [-0.05, 0) is 11.5 Å². The molecule has 2 rings (SSSR count). The Hall–Kier alpha value is -1.41. The Morgan fingerprint density at radius 3 is 2.52 bits per heavy atom. The van der Waals surface area contributed by atoms with Crippen molar-refractivity contribution in [2.24, 2.45) is 0 Å². The lowest BCUT2D eigenvalue weighted by molar-refractivity contribution is -0.203. The number of nitrogens with zero attached hydrogens (tertiary/aromatic N) is 1. The lowest BCUT2D eigenvalue weighted by Crippen LogP contribution is -2.31. The molecule has 2 aromatic heterocycles. The summed E-state index contributed by atoms with van der Waals surface area (Å²) in [5.74, 6) is -0.167. The van der Waals surface area contributed by atoms with Gasteiger partial charge in [-0.2, -0.15) is 13.2 Å². The first-order valence-electron chi connectivity index (χ1n) is 6.26. The van der Waals surface area contributed by atoms with Crippen LogP contribution < -0.4 is 5.56 Å². The minimum absolute atomic E-state index is 0.167. The van der Waals surface area contributed by atoms with Gasteiger partial charge in [0.2, 0.25) is 0 Å². The van der Waals surface area contributed by atoms with Crippen molar-refractivity contribution in [3.63, 3.8) is 0 Å². The van der Waals surface area contributed by atoms with Gasteiger partial charge in [-0.25, -0.2) is 4.98 Å². The molecule has 116 valence electrons. The fourth-order valence-electron chi connectivity index (χ4n) is 1.74. The van der Waals surface area contributed by atoms with Crippen molar-refractivity contribution < 1.29 is 18.3 Å². The van der Waals surface area contributed by atoms with Gasteiger partial charge in [0.25, 0.3) is 5.56 Å². The van der Waals surface area contributed by atoms with E-state index >= 15 is 0 Å². The van der Waals surface area contributed by atoms with Crippen molar-refractivity contribution in [2.45, 2.75) is 44.9 Å². The van der Waals surface area contributed by atoms with Crippen LogP contribution >= 0.6 is 11.3 Å². The van der Waals surface area contributed by atoms with E-state index in [2.05, 4.69) is 9.97 Å². The van der Waals surface area contributed by atoms with Crippen molar-refractivity contribution in [3.05, 3.63) is 27.1 Å². The molecule has 0 amide bonds. The van der Waals surface area contributed by atoms with Crippen LogP contribution in [0, 0.1) is 0 Å². The van der Waals surface area contributed by atoms with Gasteiger partial charge < -0.3 is 10.1 Å². The number of nitrogens with one attached hydrogen (secondary N) is 1. The second kappa shape index (κ2) is 5.10. The number of alkyl halides is 3. The van der Waals surface area contributed by atoms with E-state index in [1.807, 2.05) is 20.8 Å². The second-order valence-electron chi connectivity index (χ2n) is 5.85. The summed E-state index contributed by atoms with van der Waals surface area (Å²) < 4.78 is 37.0. The number of halogens is 3. The molecule has 0 aliphatic rings. The first kappa shape index (κ1) is 16.0.